The summed E-state index contributed by atoms with van der Waals surface area (Å²) < 4.78 is 8.42. The highest BCUT2D eigenvalue weighted by Crippen LogP contribution is 2.18. The molecule has 0 saturated carbocycles. The Labute approximate surface area is 113 Å². The molecule has 0 bridgehead atoms. The average Bonchev–Trinajstić information content (AvgIpc) is 3.10. The predicted molar refractivity (Wildman–Crippen MR) is 67.7 cm³/mol. The maximum absolute atomic E-state index is 11.9. The fourth-order valence-electron chi connectivity index (χ4n) is 1.72. The van der Waals surface area contributed by atoms with Crippen LogP contribution in [0, 0.1) is 0 Å². The van der Waals surface area contributed by atoms with Gasteiger partial charge in [-0.1, -0.05) is 5.10 Å². The molecular formula is C11H11N7O2. The lowest BCUT2D eigenvalue weighted by atomic mass is 10.4. The van der Waals surface area contributed by atoms with E-state index < -0.39 is 0 Å². The summed E-state index contributed by atoms with van der Waals surface area (Å²) in [5, 5.41) is 18.1. The molecular weight excluding hydrogens is 262 g/mol. The van der Waals surface area contributed by atoms with Crippen LogP contribution in [0.25, 0.3) is 11.6 Å². The molecule has 0 aromatic carbocycles. The molecule has 1 N–H and O–H groups in total. The van der Waals surface area contributed by atoms with E-state index in [0.29, 0.717) is 11.4 Å². The van der Waals surface area contributed by atoms with Gasteiger partial charge in [-0.05, 0) is 12.1 Å². The molecule has 3 heterocycles. The topological polar surface area (TPSA) is 104 Å². The molecule has 0 unspecified atom stereocenters. The monoisotopic (exact) mass is 273 g/mol. The molecule has 102 valence electrons. The summed E-state index contributed by atoms with van der Waals surface area (Å²) >= 11 is 0. The molecule has 0 fully saturated rings. The lowest BCUT2D eigenvalue weighted by Crippen LogP contribution is -2.16. The molecule has 9 heteroatoms. The van der Waals surface area contributed by atoms with Crippen LogP contribution in [0.15, 0.2) is 28.9 Å². The van der Waals surface area contributed by atoms with Crippen LogP contribution in [-0.4, -0.2) is 35.7 Å². The van der Waals surface area contributed by atoms with E-state index in [9.17, 15) is 4.79 Å². The second-order valence-electron chi connectivity index (χ2n) is 4.05. The predicted octanol–water partition coefficient (Wildman–Crippen LogP) is 0.456. The fourth-order valence-corrected chi connectivity index (χ4v) is 1.72. The Hall–Kier alpha value is -2.97. The quantitative estimate of drug-likeness (QED) is 0.743. The zero-order valence-corrected chi connectivity index (χ0v) is 10.8. The van der Waals surface area contributed by atoms with Gasteiger partial charge in [0.25, 0.3) is 11.8 Å². The van der Waals surface area contributed by atoms with Crippen LogP contribution in [-0.2, 0) is 14.1 Å². The van der Waals surface area contributed by atoms with Crippen molar-refractivity contribution in [2.24, 2.45) is 14.1 Å². The molecule has 0 saturated heterocycles. The third kappa shape index (κ3) is 2.05. The maximum atomic E-state index is 11.9. The van der Waals surface area contributed by atoms with Crippen LogP contribution in [0.5, 0.6) is 0 Å². The molecule has 3 rings (SSSR count). The summed E-state index contributed by atoms with van der Waals surface area (Å²) in [5.41, 5.74) is 1.06. The van der Waals surface area contributed by atoms with Crippen molar-refractivity contribution in [3.05, 3.63) is 30.2 Å². The second-order valence-corrected chi connectivity index (χ2v) is 4.05. The van der Waals surface area contributed by atoms with Crippen molar-refractivity contribution in [3.8, 4) is 11.6 Å². The number of carbonyl (C=O) groups is 1. The summed E-state index contributed by atoms with van der Waals surface area (Å²) in [5.74, 6) is -0.0875. The Morgan fingerprint density at radius 1 is 1.15 bits per heavy atom. The van der Waals surface area contributed by atoms with Gasteiger partial charge in [-0.3, -0.25) is 19.5 Å². The van der Waals surface area contributed by atoms with Crippen molar-refractivity contribution in [1.82, 2.24) is 29.8 Å². The molecule has 0 radical (unpaired) electrons. The van der Waals surface area contributed by atoms with Crippen LogP contribution in [0.3, 0.4) is 0 Å². The number of aryl methyl sites for hydroxylation is 2. The average molecular weight is 273 g/mol. The Balaban J connectivity index is 1.80. The van der Waals surface area contributed by atoms with E-state index in [4.69, 9.17) is 4.42 Å². The number of hydrogen-bond donors (Lipinski definition) is 1. The highest BCUT2D eigenvalue weighted by Gasteiger charge is 2.16. The van der Waals surface area contributed by atoms with Gasteiger partial charge in [0, 0.05) is 26.5 Å². The lowest BCUT2D eigenvalue weighted by Gasteiger charge is -2.00. The highest BCUT2D eigenvalue weighted by atomic mass is 16.4. The van der Waals surface area contributed by atoms with Gasteiger partial charge in [0.15, 0.2) is 0 Å². The standard InChI is InChI=1S/C11H11N7O2/c1-17-7(3-5-12-17)9(19)14-11-16-15-10(20-11)8-4-6-13-18(8)2/h3-6H,1-2H3,(H,14,16,19). The van der Waals surface area contributed by atoms with Crippen molar-refractivity contribution in [1.29, 1.82) is 0 Å². The van der Waals surface area contributed by atoms with Gasteiger partial charge in [-0.25, -0.2) is 0 Å². The zero-order valence-electron chi connectivity index (χ0n) is 10.8. The van der Waals surface area contributed by atoms with E-state index in [2.05, 4.69) is 25.7 Å². The molecule has 0 aliphatic rings. The lowest BCUT2D eigenvalue weighted by molar-refractivity contribution is 0.101. The molecule has 0 aliphatic carbocycles. The minimum Gasteiger partial charge on any atom is -0.401 e. The van der Waals surface area contributed by atoms with Crippen LogP contribution < -0.4 is 5.32 Å². The second kappa shape index (κ2) is 4.61. The first-order valence-corrected chi connectivity index (χ1v) is 5.76. The first-order valence-electron chi connectivity index (χ1n) is 5.76. The number of nitrogens with one attached hydrogen (secondary N) is 1. The third-order valence-electron chi connectivity index (χ3n) is 2.74. The summed E-state index contributed by atoms with van der Waals surface area (Å²) in [6, 6.07) is 3.35. The van der Waals surface area contributed by atoms with E-state index in [1.807, 2.05) is 0 Å². The van der Waals surface area contributed by atoms with Gasteiger partial charge in [-0.2, -0.15) is 10.2 Å². The van der Waals surface area contributed by atoms with Gasteiger partial charge in [0.1, 0.15) is 11.4 Å². The first kappa shape index (κ1) is 12.1. The summed E-state index contributed by atoms with van der Waals surface area (Å²) in [4.78, 5) is 11.9. The molecule has 0 atom stereocenters. The smallest absolute Gasteiger partial charge is 0.322 e. The summed E-state index contributed by atoms with van der Waals surface area (Å²) in [6.07, 6.45) is 3.15. The number of amides is 1. The summed E-state index contributed by atoms with van der Waals surface area (Å²) in [6.45, 7) is 0. The van der Waals surface area contributed by atoms with Crippen molar-refractivity contribution in [3.63, 3.8) is 0 Å². The van der Waals surface area contributed by atoms with Crippen LogP contribution in [0.1, 0.15) is 10.5 Å². The molecule has 20 heavy (non-hydrogen) atoms. The highest BCUT2D eigenvalue weighted by molar-refractivity contribution is 6.01. The molecule has 1 amide bonds. The largest absolute Gasteiger partial charge is 0.401 e. The molecule has 0 spiro atoms. The summed E-state index contributed by atoms with van der Waals surface area (Å²) in [7, 11) is 3.43. The van der Waals surface area contributed by atoms with E-state index in [-0.39, 0.29) is 17.8 Å². The van der Waals surface area contributed by atoms with Gasteiger partial charge in [0.2, 0.25) is 0 Å². The normalized spacial score (nSPS) is 10.7. The van der Waals surface area contributed by atoms with Crippen molar-refractivity contribution < 1.29 is 9.21 Å². The molecule has 3 aromatic heterocycles. The van der Waals surface area contributed by atoms with Crippen LogP contribution in [0.2, 0.25) is 0 Å². The van der Waals surface area contributed by atoms with Crippen LogP contribution >= 0.6 is 0 Å². The number of aromatic nitrogens is 6. The van der Waals surface area contributed by atoms with E-state index >= 15 is 0 Å². The van der Waals surface area contributed by atoms with Crippen molar-refractivity contribution in [2.75, 3.05) is 5.32 Å². The number of rotatable bonds is 3. The minimum atomic E-state index is -0.370. The fraction of sp³-hybridized carbons (Fsp3) is 0.182. The Bertz CT molecular complexity index is 754. The SMILES string of the molecule is Cn1nccc1C(=O)Nc1nnc(-c2ccnn2C)o1. The van der Waals surface area contributed by atoms with Crippen LogP contribution in [0.4, 0.5) is 6.01 Å². The number of anilines is 1. The van der Waals surface area contributed by atoms with E-state index in [1.165, 1.54) is 10.9 Å². The van der Waals surface area contributed by atoms with Gasteiger partial charge < -0.3 is 4.42 Å². The number of carbonyl (C=O) groups excluding carboxylic acids is 1. The Morgan fingerprint density at radius 2 is 1.90 bits per heavy atom. The first-order chi connectivity index (χ1) is 9.65. The maximum Gasteiger partial charge on any atom is 0.322 e. The van der Waals surface area contributed by atoms with E-state index in [1.54, 1.807) is 37.1 Å². The number of hydrogen-bond acceptors (Lipinski definition) is 6. The molecule has 3 aromatic rings. The van der Waals surface area contributed by atoms with Crippen molar-refractivity contribution in [2.45, 2.75) is 0 Å². The molecule has 0 aliphatic heterocycles. The van der Waals surface area contributed by atoms with Gasteiger partial charge in [0.05, 0.1) is 0 Å². The van der Waals surface area contributed by atoms with Gasteiger partial charge in [-0.15, -0.1) is 5.10 Å². The third-order valence-corrected chi connectivity index (χ3v) is 2.74. The van der Waals surface area contributed by atoms with Crippen molar-refractivity contribution >= 4 is 11.9 Å². The zero-order chi connectivity index (χ0) is 14.1. The Kier molecular flexibility index (Phi) is 2.78. The minimum absolute atomic E-state index is 0.0207. The molecule has 9 nitrogen and oxygen atoms in total. The Morgan fingerprint density at radius 3 is 2.55 bits per heavy atom. The number of nitrogens with zero attached hydrogens (tertiary/aromatic N) is 6. The van der Waals surface area contributed by atoms with E-state index in [0.717, 1.165) is 0 Å². The van der Waals surface area contributed by atoms with Gasteiger partial charge >= 0.3 is 6.01 Å².